The van der Waals surface area contributed by atoms with Crippen LogP contribution in [0.1, 0.15) is 187 Å². The van der Waals surface area contributed by atoms with Gasteiger partial charge in [-0.15, -0.1) is 0 Å². The van der Waals surface area contributed by atoms with E-state index in [1.165, 1.54) is 128 Å². The molecule has 1 atom stereocenters. The number of carbonyl (C=O) groups excluding carboxylic acids is 1. The summed E-state index contributed by atoms with van der Waals surface area (Å²) in [5.74, 6) is -1.11. The summed E-state index contributed by atoms with van der Waals surface area (Å²) in [5.41, 5.74) is 0. The van der Waals surface area contributed by atoms with Gasteiger partial charge in [0.1, 0.15) is 6.10 Å². The number of unbranched alkanes of at least 4 members (excludes halogenated alkanes) is 21. The van der Waals surface area contributed by atoms with Gasteiger partial charge in [0.05, 0.1) is 6.42 Å². The van der Waals surface area contributed by atoms with Crippen LogP contribution in [0.25, 0.3) is 0 Å². The van der Waals surface area contributed by atoms with Crippen LogP contribution in [0, 0.1) is 0 Å². The summed E-state index contributed by atoms with van der Waals surface area (Å²) in [4.78, 5) is 23.3. The fourth-order valence-corrected chi connectivity index (χ4v) is 5.02. The van der Waals surface area contributed by atoms with E-state index >= 15 is 0 Å². The van der Waals surface area contributed by atoms with Gasteiger partial charge in [-0.3, -0.25) is 9.59 Å². The number of carboxylic acid groups (broad SMARTS) is 1. The molecule has 0 radical (unpaired) electrons. The van der Waals surface area contributed by atoms with Gasteiger partial charge in [0.15, 0.2) is 0 Å². The molecule has 1 unspecified atom stereocenters. The van der Waals surface area contributed by atoms with Gasteiger partial charge in [-0.1, -0.05) is 142 Å². The second-order valence-corrected chi connectivity index (χ2v) is 11.4. The minimum Gasteiger partial charge on any atom is -0.481 e. The molecule has 0 rings (SSSR count). The third-order valence-corrected chi connectivity index (χ3v) is 7.47. The lowest BCUT2D eigenvalue weighted by Crippen LogP contribution is -2.21. The molecule has 0 aromatic heterocycles. The molecule has 4 nitrogen and oxygen atoms in total. The fourth-order valence-electron chi connectivity index (χ4n) is 5.02. The van der Waals surface area contributed by atoms with E-state index in [0.29, 0.717) is 12.8 Å². The third-order valence-electron chi connectivity index (χ3n) is 7.47. The summed E-state index contributed by atoms with van der Waals surface area (Å²) >= 11 is 0. The van der Waals surface area contributed by atoms with Gasteiger partial charge in [-0.05, 0) is 44.9 Å². The first kappa shape index (κ1) is 36.7. The maximum atomic E-state index is 12.2. The summed E-state index contributed by atoms with van der Waals surface area (Å²) < 4.78 is 5.51. The van der Waals surface area contributed by atoms with E-state index in [1.54, 1.807) is 0 Å². The monoisotopic (exact) mass is 536 g/mol. The van der Waals surface area contributed by atoms with E-state index < -0.39 is 12.1 Å². The van der Waals surface area contributed by atoms with Gasteiger partial charge in [-0.25, -0.2) is 0 Å². The average Bonchev–Trinajstić information content (AvgIpc) is 2.89. The lowest BCUT2D eigenvalue weighted by atomic mass is 10.0. The third kappa shape index (κ3) is 29.2. The molecule has 0 aliphatic rings. The van der Waals surface area contributed by atoms with Gasteiger partial charge < -0.3 is 9.84 Å². The fraction of sp³-hybridized carbons (Fsp3) is 0.882. The lowest BCUT2D eigenvalue weighted by Gasteiger charge is -2.16. The molecular formula is C34H64O4. The Labute approximate surface area is 236 Å². The van der Waals surface area contributed by atoms with Crippen molar-refractivity contribution in [2.24, 2.45) is 0 Å². The minimum absolute atomic E-state index is 0.0728. The molecule has 0 saturated heterocycles. The van der Waals surface area contributed by atoms with E-state index in [9.17, 15) is 9.59 Å². The Morgan fingerprint density at radius 3 is 1.42 bits per heavy atom. The van der Waals surface area contributed by atoms with Crippen LogP contribution in [0.15, 0.2) is 12.2 Å². The van der Waals surface area contributed by atoms with Gasteiger partial charge in [-0.2, -0.15) is 0 Å². The predicted octanol–water partition coefficient (Wildman–Crippen LogP) is 11.1. The second kappa shape index (κ2) is 30.2. The minimum atomic E-state index is -0.885. The molecule has 0 aliphatic heterocycles. The maximum Gasteiger partial charge on any atom is 0.307 e. The summed E-state index contributed by atoms with van der Waals surface area (Å²) in [6, 6.07) is 0. The van der Waals surface area contributed by atoms with Crippen molar-refractivity contribution in [1.82, 2.24) is 0 Å². The van der Waals surface area contributed by atoms with Crippen LogP contribution in [-0.2, 0) is 14.3 Å². The maximum absolute atomic E-state index is 12.2. The number of carbonyl (C=O) groups is 2. The zero-order valence-corrected chi connectivity index (χ0v) is 25.5. The van der Waals surface area contributed by atoms with E-state index in [-0.39, 0.29) is 12.4 Å². The predicted molar refractivity (Wildman–Crippen MR) is 163 cm³/mol. The SMILES string of the molecule is CCCCCCCC/C=C\CCCCCCCCCCCCC(=O)OC(CCCCCCCC)CC(=O)O. The number of hydrogen-bond acceptors (Lipinski definition) is 3. The largest absolute Gasteiger partial charge is 0.481 e. The van der Waals surface area contributed by atoms with Crippen molar-refractivity contribution in [3.05, 3.63) is 12.2 Å². The smallest absolute Gasteiger partial charge is 0.307 e. The summed E-state index contributed by atoms with van der Waals surface area (Å²) in [7, 11) is 0. The molecule has 0 aromatic rings. The van der Waals surface area contributed by atoms with Crippen molar-refractivity contribution in [1.29, 1.82) is 0 Å². The van der Waals surface area contributed by atoms with E-state index in [0.717, 1.165) is 25.7 Å². The van der Waals surface area contributed by atoms with Crippen LogP contribution in [0.4, 0.5) is 0 Å². The summed E-state index contributed by atoms with van der Waals surface area (Å²) in [6.07, 6.45) is 35.4. The highest BCUT2D eigenvalue weighted by molar-refractivity contribution is 5.71. The van der Waals surface area contributed by atoms with Crippen LogP contribution >= 0.6 is 0 Å². The quantitative estimate of drug-likeness (QED) is 0.0563. The molecule has 38 heavy (non-hydrogen) atoms. The van der Waals surface area contributed by atoms with Crippen molar-refractivity contribution in [3.8, 4) is 0 Å². The zero-order chi connectivity index (χ0) is 27.9. The molecule has 0 spiro atoms. The van der Waals surface area contributed by atoms with Gasteiger partial charge in [0, 0.05) is 6.42 Å². The number of esters is 1. The Balaban J connectivity index is 3.52. The van der Waals surface area contributed by atoms with Crippen LogP contribution in [0.3, 0.4) is 0 Å². The molecule has 0 amide bonds. The van der Waals surface area contributed by atoms with Gasteiger partial charge in [0.2, 0.25) is 0 Å². The molecule has 0 saturated carbocycles. The first-order valence-electron chi connectivity index (χ1n) is 16.7. The molecule has 224 valence electrons. The standard InChI is InChI=1S/C34H64O4/c1-3-5-7-9-11-12-13-14-15-16-17-18-19-20-21-22-23-24-26-28-30-34(37)38-32(31-33(35)36)29-27-25-10-8-6-4-2/h14-15,32H,3-13,16-31H2,1-2H3,(H,35,36)/b15-14-. The Kier molecular flexibility index (Phi) is 29.2. The zero-order valence-electron chi connectivity index (χ0n) is 25.5. The highest BCUT2D eigenvalue weighted by atomic mass is 16.5. The number of carboxylic acids is 1. The van der Waals surface area contributed by atoms with E-state index in [1.807, 2.05) is 0 Å². The Morgan fingerprint density at radius 2 is 0.974 bits per heavy atom. The molecule has 1 N–H and O–H groups in total. The first-order chi connectivity index (χ1) is 18.6. The molecule has 4 heteroatoms. The molecule has 0 fully saturated rings. The van der Waals surface area contributed by atoms with Crippen molar-refractivity contribution in [2.75, 3.05) is 0 Å². The van der Waals surface area contributed by atoms with Crippen molar-refractivity contribution < 1.29 is 19.4 Å². The van der Waals surface area contributed by atoms with Crippen LogP contribution < -0.4 is 0 Å². The van der Waals surface area contributed by atoms with Crippen LogP contribution in [0.5, 0.6) is 0 Å². The normalized spacial score (nSPS) is 12.3. The molecule has 0 bridgehead atoms. The Bertz CT molecular complexity index is 543. The molecule has 0 aliphatic carbocycles. The van der Waals surface area contributed by atoms with Crippen LogP contribution in [-0.4, -0.2) is 23.1 Å². The first-order valence-corrected chi connectivity index (χ1v) is 16.7. The number of ether oxygens (including phenoxy) is 1. The highest BCUT2D eigenvalue weighted by Gasteiger charge is 2.17. The number of hydrogen-bond donors (Lipinski definition) is 1. The van der Waals surface area contributed by atoms with Crippen molar-refractivity contribution in [3.63, 3.8) is 0 Å². The number of rotatable bonds is 30. The van der Waals surface area contributed by atoms with Gasteiger partial charge in [0.25, 0.3) is 0 Å². The van der Waals surface area contributed by atoms with Crippen molar-refractivity contribution in [2.45, 2.75) is 193 Å². The summed E-state index contributed by atoms with van der Waals surface area (Å²) in [5, 5.41) is 9.13. The Morgan fingerprint density at radius 1 is 0.579 bits per heavy atom. The Hall–Kier alpha value is -1.32. The summed E-state index contributed by atoms with van der Waals surface area (Å²) in [6.45, 7) is 4.47. The highest BCUT2D eigenvalue weighted by Crippen LogP contribution is 2.16. The number of aliphatic carboxylic acids is 1. The molecule has 0 aromatic carbocycles. The van der Waals surface area contributed by atoms with Crippen LogP contribution in [0.2, 0.25) is 0 Å². The van der Waals surface area contributed by atoms with E-state index in [4.69, 9.17) is 9.84 Å². The van der Waals surface area contributed by atoms with E-state index in [2.05, 4.69) is 26.0 Å². The molecule has 0 heterocycles. The topological polar surface area (TPSA) is 63.6 Å². The van der Waals surface area contributed by atoms with Crippen molar-refractivity contribution >= 4 is 11.9 Å². The number of allylic oxidation sites excluding steroid dienone is 2. The second-order valence-electron chi connectivity index (χ2n) is 11.4. The molecular weight excluding hydrogens is 472 g/mol. The average molecular weight is 537 g/mol. The van der Waals surface area contributed by atoms with Gasteiger partial charge >= 0.3 is 11.9 Å². The lowest BCUT2D eigenvalue weighted by molar-refractivity contribution is -0.153.